The third-order valence-electron chi connectivity index (χ3n) is 3.04. The third-order valence-corrected chi connectivity index (χ3v) is 3.04. The van der Waals surface area contributed by atoms with Crippen molar-refractivity contribution in [2.75, 3.05) is 11.9 Å². The molecule has 20 heavy (non-hydrogen) atoms. The SMILES string of the molecule is CC(C)C(O)CNc1nc(C(=O)O)nc2ccccc12. The molecule has 0 aliphatic carbocycles. The van der Waals surface area contributed by atoms with Crippen LogP contribution in [0.1, 0.15) is 24.5 Å². The van der Waals surface area contributed by atoms with Crippen molar-refractivity contribution in [1.82, 2.24) is 9.97 Å². The smallest absolute Gasteiger partial charge is 0.374 e. The highest BCUT2D eigenvalue weighted by Crippen LogP contribution is 2.20. The van der Waals surface area contributed by atoms with E-state index in [1.807, 2.05) is 26.0 Å². The number of rotatable bonds is 5. The second kappa shape index (κ2) is 5.83. The molecule has 6 nitrogen and oxygen atoms in total. The van der Waals surface area contributed by atoms with Crippen LogP contribution in [-0.4, -0.2) is 38.8 Å². The number of nitrogens with zero attached hydrogens (tertiary/aromatic N) is 2. The van der Waals surface area contributed by atoms with Crippen LogP contribution in [0.3, 0.4) is 0 Å². The summed E-state index contributed by atoms with van der Waals surface area (Å²) in [6.45, 7) is 4.12. The Hall–Kier alpha value is -2.21. The molecule has 0 spiro atoms. The highest BCUT2D eigenvalue weighted by atomic mass is 16.4. The second-order valence-corrected chi connectivity index (χ2v) is 4.91. The first kappa shape index (κ1) is 14.2. The lowest BCUT2D eigenvalue weighted by atomic mass is 10.1. The molecule has 0 aliphatic heterocycles. The quantitative estimate of drug-likeness (QED) is 0.769. The van der Waals surface area contributed by atoms with Crippen LogP contribution in [0.25, 0.3) is 10.9 Å². The lowest BCUT2D eigenvalue weighted by Gasteiger charge is -2.16. The number of aromatic carboxylic acids is 1. The summed E-state index contributed by atoms with van der Waals surface area (Å²) in [4.78, 5) is 19.0. The maximum Gasteiger partial charge on any atom is 0.374 e. The van der Waals surface area contributed by atoms with Gasteiger partial charge in [0.1, 0.15) is 5.82 Å². The van der Waals surface area contributed by atoms with E-state index in [0.717, 1.165) is 5.39 Å². The van der Waals surface area contributed by atoms with Gasteiger partial charge in [-0.25, -0.2) is 14.8 Å². The summed E-state index contributed by atoms with van der Waals surface area (Å²) in [5, 5.41) is 22.6. The number of hydrogen-bond donors (Lipinski definition) is 3. The highest BCUT2D eigenvalue weighted by molar-refractivity contribution is 5.93. The Morgan fingerprint density at radius 1 is 1.30 bits per heavy atom. The Kier molecular flexibility index (Phi) is 4.14. The first-order chi connectivity index (χ1) is 9.49. The van der Waals surface area contributed by atoms with Crippen LogP contribution in [0.2, 0.25) is 0 Å². The molecule has 2 rings (SSSR count). The maximum absolute atomic E-state index is 11.0. The van der Waals surface area contributed by atoms with E-state index >= 15 is 0 Å². The normalized spacial score (nSPS) is 12.6. The predicted octanol–water partition coefficient (Wildman–Crippen LogP) is 1.76. The fourth-order valence-electron chi connectivity index (χ4n) is 1.74. The van der Waals surface area contributed by atoms with E-state index in [1.165, 1.54) is 0 Å². The molecule has 1 atom stereocenters. The van der Waals surface area contributed by atoms with Crippen LogP contribution >= 0.6 is 0 Å². The summed E-state index contributed by atoms with van der Waals surface area (Å²) in [6, 6.07) is 7.16. The Labute approximate surface area is 116 Å². The summed E-state index contributed by atoms with van der Waals surface area (Å²) in [5.74, 6) is -0.907. The molecule has 1 heterocycles. The molecule has 1 aromatic heterocycles. The first-order valence-corrected chi connectivity index (χ1v) is 6.41. The van der Waals surface area contributed by atoms with Gasteiger partial charge in [0, 0.05) is 11.9 Å². The molecule has 0 saturated heterocycles. The molecule has 0 fully saturated rings. The van der Waals surface area contributed by atoms with Gasteiger partial charge in [-0.3, -0.25) is 0 Å². The Bertz CT molecular complexity index is 628. The van der Waals surface area contributed by atoms with Crippen molar-refractivity contribution < 1.29 is 15.0 Å². The molecule has 3 N–H and O–H groups in total. The molecule has 6 heteroatoms. The largest absolute Gasteiger partial charge is 0.475 e. The van der Waals surface area contributed by atoms with Gasteiger partial charge in [-0.15, -0.1) is 0 Å². The van der Waals surface area contributed by atoms with Gasteiger partial charge in [-0.2, -0.15) is 0 Å². The fourth-order valence-corrected chi connectivity index (χ4v) is 1.74. The molecular formula is C14H17N3O3. The molecule has 0 bridgehead atoms. The van der Waals surface area contributed by atoms with Gasteiger partial charge in [0.25, 0.3) is 0 Å². The standard InChI is InChI=1S/C14H17N3O3/c1-8(2)11(18)7-15-12-9-5-3-4-6-10(9)16-13(17-12)14(19)20/h3-6,8,11,18H,7H2,1-2H3,(H,19,20)(H,15,16,17). The molecule has 0 saturated carbocycles. The predicted molar refractivity (Wildman–Crippen MR) is 75.8 cm³/mol. The number of nitrogens with one attached hydrogen (secondary N) is 1. The number of aliphatic hydroxyl groups excluding tert-OH is 1. The monoisotopic (exact) mass is 275 g/mol. The van der Waals surface area contributed by atoms with E-state index in [9.17, 15) is 9.90 Å². The number of anilines is 1. The first-order valence-electron chi connectivity index (χ1n) is 6.41. The van der Waals surface area contributed by atoms with Crippen molar-refractivity contribution >= 4 is 22.7 Å². The number of hydrogen-bond acceptors (Lipinski definition) is 5. The van der Waals surface area contributed by atoms with Gasteiger partial charge in [0.15, 0.2) is 0 Å². The van der Waals surface area contributed by atoms with Crippen LogP contribution in [0.5, 0.6) is 0 Å². The van der Waals surface area contributed by atoms with E-state index in [-0.39, 0.29) is 11.7 Å². The van der Waals surface area contributed by atoms with E-state index in [1.54, 1.807) is 12.1 Å². The molecule has 1 unspecified atom stereocenters. The summed E-state index contributed by atoms with van der Waals surface area (Å²) < 4.78 is 0. The van der Waals surface area contributed by atoms with Crippen molar-refractivity contribution in [1.29, 1.82) is 0 Å². The Morgan fingerprint density at radius 2 is 2.00 bits per heavy atom. The Morgan fingerprint density at radius 3 is 2.65 bits per heavy atom. The minimum absolute atomic E-state index is 0.106. The lowest BCUT2D eigenvalue weighted by Crippen LogP contribution is -2.25. The number of fused-ring (bicyclic) bond motifs is 1. The Balaban J connectivity index is 2.37. The van der Waals surface area contributed by atoms with E-state index in [2.05, 4.69) is 15.3 Å². The van der Waals surface area contributed by atoms with Crippen LogP contribution in [0.15, 0.2) is 24.3 Å². The number of para-hydroxylation sites is 1. The zero-order valence-corrected chi connectivity index (χ0v) is 11.4. The summed E-state index contributed by atoms with van der Waals surface area (Å²) in [5.41, 5.74) is 0.557. The molecule has 2 aromatic rings. The number of aromatic nitrogens is 2. The van der Waals surface area contributed by atoms with Gasteiger partial charge in [0.2, 0.25) is 5.82 Å². The van der Waals surface area contributed by atoms with E-state index in [0.29, 0.717) is 17.9 Å². The van der Waals surface area contributed by atoms with Crippen LogP contribution in [-0.2, 0) is 0 Å². The number of carbonyl (C=O) groups is 1. The zero-order chi connectivity index (χ0) is 14.7. The molecule has 106 valence electrons. The number of aliphatic hydroxyl groups is 1. The average molecular weight is 275 g/mol. The topological polar surface area (TPSA) is 95.3 Å². The molecule has 0 radical (unpaired) electrons. The van der Waals surface area contributed by atoms with Crippen LogP contribution in [0.4, 0.5) is 5.82 Å². The summed E-state index contributed by atoms with van der Waals surface area (Å²) in [7, 11) is 0. The van der Waals surface area contributed by atoms with Gasteiger partial charge in [0.05, 0.1) is 11.6 Å². The summed E-state index contributed by atoms with van der Waals surface area (Å²) >= 11 is 0. The van der Waals surface area contributed by atoms with Crippen LogP contribution in [0, 0.1) is 5.92 Å². The number of benzene rings is 1. The van der Waals surface area contributed by atoms with E-state index in [4.69, 9.17) is 5.11 Å². The second-order valence-electron chi connectivity index (χ2n) is 4.91. The van der Waals surface area contributed by atoms with Crippen LogP contribution < -0.4 is 5.32 Å². The van der Waals surface area contributed by atoms with Gasteiger partial charge in [-0.05, 0) is 18.1 Å². The molecule has 1 aromatic carbocycles. The minimum Gasteiger partial charge on any atom is -0.475 e. The van der Waals surface area contributed by atoms with Crippen molar-refractivity contribution in [3.63, 3.8) is 0 Å². The summed E-state index contributed by atoms with van der Waals surface area (Å²) in [6.07, 6.45) is -0.531. The molecular weight excluding hydrogens is 258 g/mol. The molecule has 0 aliphatic rings. The molecule has 0 amide bonds. The van der Waals surface area contributed by atoms with Gasteiger partial charge < -0.3 is 15.5 Å². The zero-order valence-electron chi connectivity index (χ0n) is 11.4. The maximum atomic E-state index is 11.0. The number of carboxylic acid groups (broad SMARTS) is 1. The van der Waals surface area contributed by atoms with E-state index < -0.39 is 12.1 Å². The van der Waals surface area contributed by atoms with Gasteiger partial charge >= 0.3 is 5.97 Å². The lowest BCUT2D eigenvalue weighted by molar-refractivity contribution is 0.0684. The average Bonchev–Trinajstić information content (AvgIpc) is 2.43. The highest BCUT2D eigenvalue weighted by Gasteiger charge is 2.14. The van der Waals surface area contributed by atoms with Crippen molar-refractivity contribution in [2.24, 2.45) is 5.92 Å². The van der Waals surface area contributed by atoms with Crippen molar-refractivity contribution in [3.05, 3.63) is 30.1 Å². The number of carboxylic acids is 1. The third kappa shape index (κ3) is 3.03. The van der Waals surface area contributed by atoms with Gasteiger partial charge in [-0.1, -0.05) is 26.0 Å². The van der Waals surface area contributed by atoms with Crippen molar-refractivity contribution in [2.45, 2.75) is 20.0 Å². The minimum atomic E-state index is -1.18. The fraction of sp³-hybridized carbons (Fsp3) is 0.357. The van der Waals surface area contributed by atoms with Crippen molar-refractivity contribution in [3.8, 4) is 0 Å².